The Bertz CT molecular complexity index is 375. The number of morpholine rings is 1. The van der Waals surface area contributed by atoms with Gasteiger partial charge in [-0.25, -0.2) is 0 Å². The monoisotopic (exact) mass is 333 g/mol. The second-order valence-corrected chi connectivity index (χ2v) is 5.94. The van der Waals surface area contributed by atoms with Gasteiger partial charge in [0.1, 0.15) is 6.04 Å². The minimum atomic E-state index is -0.274. The number of nitrogens with one attached hydrogen (secondary N) is 1. The first-order valence-electron chi connectivity index (χ1n) is 7.96. The van der Waals surface area contributed by atoms with Crippen LogP contribution >= 0.6 is 12.4 Å². The molecule has 2 unspecified atom stereocenters. The standard InChI is InChI=1S/C15H27N3O3.ClH/c1-12(11-16-2)14(19)18-6-4-3-5-13(18)15(20)17-7-9-21-10-8-17;/h12-13,16H,3-11H2,1-2H3;1H. The Hall–Kier alpha value is -0.850. The number of ether oxygens (including phenoxy) is 1. The van der Waals surface area contributed by atoms with Crippen LogP contribution in [0, 0.1) is 5.92 Å². The van der Waals surface area contributed by atoms with Crippen molar-refractivity contribution in [1.82, 2.24) is 15.1 Å². The van der Waals surface area contributed by atoms with Gasteiger partial charge in [0, 0.05) is 32.1 Å². The molecule has 128 valence electrons. The highest BCUT2D eigenvalue weighted by atomic mass is 35.5. The van der Waals surface area contributed by atoms with E-state index in [9.17, 15) is 9.59 Å². The molecular weight excluding hydrogens is 306 g/mol. The minimum absolute atomic E-state index is 0. The van der Waals surface area contributed by atoms with Gasteiger partial charge in [-0.2, -0.15) is 0 Å². The number of rotatable bonds is 4. The molecule has 1 N–H and O–H groups in total. The van der Waals surface area contributed by atoms with E-state index in [1.807, 2.05) is 23.8 Å². The van der Waals surface area contributed by atoms with Crippen molar-refractivity contribution < 1.29 is 14.3 Å². The summed E-state index contributed by atoms with van der Waals surface area (Å²) in [5.74, 6) is 0.103. The number of carbonyl (C=O) groups excluding carboxylic acids is 2. The topological polar surface area (TPSA) is 61.9 Å². The number of hydrogen-bond donors (Lipinski definition) is 1. The quantitative estimate of drug-likeness (QED) is 0.814. The Morgan fingerprint density at radius 3 is 2.55 bits per heavy atom. The minimum Gasteiger partial charge on any atom is -0.378 e. The van der Waals surface area contributed by atoms with Crippen molar-refractivity contribution in [2.75, 3.05) is 46.4 Å². The summed E-state index contributed by atoms with van der Waals surface area (Å²) < 4.78 is 5.30. The second-order valence-electron chi connectivity index (χ2n) is 5.94. The lowest BCUT2D eigenvalue weighted by Crippen LogP contribution is -2.56. The van der Waals surface area contributed by atoms with Crippen LogP contribution in [-0.4, -0.2) is 74.1 Å². The molecule has 22 heavy (non-hydrogen) atoms. The number of halogens is 1. The molecule has 0 saturated carbocycles. The Kier molecular flexibility index (Phi) is 8.14. The van der Waals surface area contributed by atoms with Gasteiger partial charge in [0.25, 0.3) is 0 Å². The van der Waals surface area contributed by atoms with E-state index in [-0.39, 0.29) is 36.2 Å². The number of nitrogens with zero attached hydrogens (tertiary/aromatic N) is 2. The molecule has 0 aromatic carbocycles. The highest BCUT2D eigenvalue weighted by Crippen LogP contribution is 2.21. The molecule has 2 aliphatic heterocycles. The number of likely N-dealkylation sites (tertiary alicyclic amines) is 1. The summed E-state index contributed by atoms with van der Waals surface area (Å²) in [5, 5.41) is 3.04. The number of piperidine rings is 1. The molecule has 0 bridgehead atoms. The van der Waals surface area contributed by atoms with Crippen LogP contribution in [0.4, 0.5) is 0 Å². The largest absolute Gasteiger partial charge is 0.378 e. The maximum Gasteiger partial charge on any atom is 0.245 e. The summed E-state index contributed by atoms with van der Waals surface area (Å²) >= 11 is 0. The third kappa shape index (κ3) is 4.57. The van der Waals surface area contributed by atoms with Gasteiger partial charge >= 0.3 is 0 Å². The lowest BCUT2D eigenvalue weighted by molar-refractivity contribution is -0.151. The molecule has 0 spiro atoms. The summed E-state index contributed by atoms with van der Waals surface area (Å²) in [5.41, 5.74) is 0. The first-order valence-corrected chi connectivity index (χ1v) is 7.96. The maximum atomic E-state index is 12.7. The van der Waals surface area contributed by atoms with Crippen LogP contribution in [0.3, 0.4) is 0 Å². The van der Waals surface area contributed by atoms with Crippen molar-refractivity contribution in [3.05, 3.63) is 0 Å². The SMILES string of the molecule is CNCC(C)C(=O)N1CCCCC1C(=O)N1CCOCC1.Cl. The molecule has 6 nitrogen and oxygen atoms in total. The van der Waals surface area contributed by atoms with Gasteiger partial charge < -0.3 is 19.9 Å². The Balaban J connectivity index is 0.00000242. The molecule has 2 saturated heterocycles. The van der Waals surface area contributed by atoms with Gasteiger partial charge in [0.05, 0.1) is 13.2 Å². The van der Waals surface area contributed by atoms with Crippen LogP contribution in [0.2, 0.25) is 0 Å². The Labute approximate surface area is 138 Å². The fourth-order valence-corrected chi connectivity index (χ4v) is 3.12. The van der Waals surface area contributed by atoms with Crippen LogP contribution in [0.15, 0.2) is 0 Å². The van der Waals surface area contributed by atoms with Crippen LogP contribution < -0.4 is 5.32 Å². The summed E-state index contributed by atoms with van der Waals surface area (Å²) in [6, 6.07) is -0.274. The van der Waals surface area contributed by atoms with Gasteiger partial charge in [-0.15, -0.1) is 12.4 Å². The molecule has 2 atom stereocenters. The third-order valence-corrected chi connectivity index (χ3v) is 4.33. The average molecular weight is 334 g/mol. The predicted octanol–water partition coefficient (Wildman–Crippen LogP) is 0.504. The highest BCUT2D eigenvalue weighted by molar-refractivity contribution is 5.88. The van der Waals surface area contributed by atoms with Crippen molar-refractivity contribution in [2.45, 2.75) is 32.2 Å². The van der Waals surface area contributed by atoms with E-state index in [1.54, 1.807) is 0 Å². The van der Waals surface area contributed by atoms with Crippen LogP contribution in [0.25, 0.3) is 0 Å². The van der Waals surface area contributed by atoms with Gasteiger partial charge in [0.2, 0.25) is 11.8 Å². The zero-order valence-corrected chi connectivity index (χ0v) is 14.4. The third-order valence-electron chi connectivity index (χ3n) is 4.33. The summed E-state index contributed by atoms with van der Waals surface area (Å²) in [6.07, 6.45) is 2.80. The molecule has 2 amide bonds. The molecule has 0 radical (unpaired) electrons. The number of carbonyl (C=O) groups is 2. The molecule has 2 heterocycles. The summed E-state index contributed by atoms with van der Waals surface area (Å²) in [6.45, 7) is 5.75. The zero-order valence-electron chi connectivity index (χ0n) is 13.5. The lowest BCUT2D eigenvalue weighted by atomic mass is 9.98. The van der Waals surface area contributed by atoms with Gasteiger partial charge in [0.15, 0.2) is 0 Å². The maximum absolute atomic E-state index is 12.7. The van der Waals surface area contributed by atoms with E-state index in [0.717, 1.165) is 19.3 Å². The van der Waals surface area contributed by atoms with E-state index in [4.69, 9.17) is 4.74 Å². The van der Waals surface area contributed by atoms with Crippen LogP contribution in [0.1, 0.15) is 26.2 Å². The Morgan fingerprint density at radius 2 is 1.91 bits per heavy atom. The van der Waals surface area contributed by atoms with E-state index in [0.29, 0.717) is 39.4 Å². The molecule has 0 aromatic rings. The highest BCUT2D eigenvalue weighted by Gasteiger charge is 2.36. The van der Waals surface area contributed by atoms with Crippen molar-refractivity contribution in [3.63, 3.8) is 0 Å². The number of amides is 2. The van der Waals surface area contributed by atoms with Crippen LogP contribution in [-0.2, 0) is 14.3 Å². The molecule has 0 aromatic heterocycles. The molecule has 7 heteroatoms. The molecule has 2 rings (SSSR count). The lowest BCUT2D eigenvalue weighted by Gasteiger charge is -2.39. The Morgan fingerprint density at radius 1 is 1.23 bits per heavy atom. The smallest absolute Gasteiger partial charge is 0.245 e. The summed E-state index contributed by atoms with van der Waals surface area (Å²) in [7, 11) is 1.84. The van der Waals surface area contributed by atoms with Gasteiger partial charge in [-0.05, 0) is 26.3 Å². The molecular formula is C15H28ClN3O3. The average Bonchev–Trinajstić information content (AvgIpc) is 2.54. The first-order chi connectivity index (χ1) is 10.1. The number of hydrogen-bond acceptors (Lipinski definition) is 4. The zero-order chi connectivity index (χ0) is 15.2. The predicted molar refractivity (Wildman–Crippen MR) is 87.1 cm³/mol. The van der Waals surface area contributed by atoms with Crippen molar-refractivity contribution in [2.24, 2.45) is 5.92 Å². The van der Waals surface area contributed by atoms with Crippen LogP contribution in [0.5, 0.6) is 0 Å². The normalized spacial score (nSPS) is 23.6. The molecule has 2 fully saturated rings. The fraction of sp³-hybridized carbons (Fsp3) is 0.867. The summed E-state index contributed by atoms with van der Waals surface area (Å²) in [4.78, 5) is 28.9. The van der Waals surface area contributed by atoms with E-state index in [1.165, 1.54) is 0 Å². The van der Waals surface area contributed by atoms with E-state index in [2.05, 4.69) is 5.32 Å². The second kappa shape index (κ2) is 9.33. The first kappa shape index (κ1) is 19.2. The fourth-order valence-electron chi connectivity index (χ4n) is 3.12. The van der Waals surface area contributed by atoms with Crippen molar-refractivity contribution >= 4 is 24.2 Å². The van der Waals surface area contributed by atoms with Gasteiger partial charge in [-0.1, -0.05) is 6.92 Å². The van der Waals surface area contributed by atoms with Crippen molar-refractivity contribution in [3.8, 4) is 0 Å². The van der Waals surface area contributed by atoms with E-state index < -0.39 is 0 Å². The molecule has 0 aliphatic carbocycles. The van der Waals surface area contributed by atoms with Gasteiger partial charge in [-0.3, -0.25) is 9.59 Å². The molecule has 2 aliphatic rings. The van der Waals surface area contributed by atoms with E-state index >= 15 is 0 Å². The van der Waals surface area contributed by atoms with Crippen molar-refractivity contribution in [1.29, 1.82) is 0 Å².